The van der Waals surface area contributed by atoms with Crippen molar-refractivity contribution in [1.29, 1.82) is 0 Å². The molecule has 3 heteroatoms. The van der Waals surface area contributed by atoms with E-state index < -0.39 is 11.6 Å². The molecule has 1 aromatic rings. The topological polar surface area (TPSA) is 20.2 Å². The lowest BCUT2D eigenvalue weighted by molar-refractivity contribution is 0.453. The van der Waals surface area contributed by atoms with Crippen molar-refractivity contribution in [2.45, 2.75) is 19.3 Å². The van der Waals surface area contributed by atoms with Crippen LogP contribution in [0.5, 0.6) is 5.75 Å². The molecule has 0 amide bonds. The number of hydrogen-bond acceptors (Lipinski definition) is 1. The Bertz CT molecular complexity index is 397. The molecule has 1 aliphatic rings. The van der Waals surface area contributed by atoms with Crippen molar-refractivity contribution in [3.63, 3.8) is 0 Å². The predicted octanol–water partition coefficient (Wildman–Crippen LogP) is 3.24. The van der Waals surface area contributed by atoms with E-state index in [1.54, 1.807) is 0 Å². The van der Waals surface area contributed by atoms with Crippen LogP contribution in [0.25, 0.3) is 5.57 Å². The van der Waals surface area contributed by atoms with Gasteiger partial charge < -0.3 is 5.11 Å². The average molecular weight is 196 g/mol. The first kappa shape index (κ1) is 9.19. The fraction of sp³-hybridized carbons (Fsp3) is 0.273. The first-order chi connectivity index (χ1) is 6.68. The van der Waals surface area contributed by atoms with Gasteiger partial charge in [-0.05, 0) is 30.9 Å². The van der Waals surface area contributed by atoms with E-state index in [0.29, 0.717) is 5.56 Å². The van der Waals surface area contributed by atoms with Gasteiger partial charge in [0, 0.05) is 11.6 Å². The van der Waals surface area contributed by atoms with Gasteiger partial charge in [0.25, 0.3) is 0 Å². The molecule has 1 N–H and O–H groups in total. The monoisotopic (exact) mass is 196 g/mol. The Kier molecular flexibility index (Phi) is 2.23. The van der Waals surface area contributed by atoms with Crippen LogP contribution in [0.1, 0.15) is 24.8 Å². The summed E-state index contributed by atoms with van der Waals surface area (Å²) in [6.07, 6.45) is 4.71. The van der Waals surface area contributed by atoms with E-state index in [4.69, 9.17) is 0 Å². The molecule has 0 fully saturated rings. The smallest absolute Gasteiger partial charge is 0.162 e. The molecule has 1 nitrogen and oxygen atoms in total. The van der Waals surface area contributed by atoms with Gasteiger partial charge in [0.1, 0.15) is 5.75 Å². The lowest BCUT2D eigenvalue weighted by atomic mass is 10.0. The van der Waals surface area contributed by atoms with Crippen molar-refractivity contribution in [2.24, 2.45) is 0 Å². The second-order valence-electron chi connectivity index (χ2n) is 3.41. The molecular weight excluding hydrogens is 186 g/mol. The second-order valence-corrected chi connectivity index (χ2v) is 3.41. The number of phenols is 1. The molecule has 0 aliphatic heterocycles. The van der Waals surface area contributed by atoms with Crippen LogP contribution in [0.4, 0.5) is 8.78 Å². The number of halogens is 2. The summed E-state index contributed by atoms with van der Waals surface area (Å²) in [5.41, 5.74) is 1.32. The van der Waals surface area contributed by atoms with Crippen molar-refractivity contribution in [2.75, 3.05) is 0 Å². The number of hydrogen-bond donors (Lipinski definition) is 1. The summed E-state index contributed by atoms with van der Waals surface area (Å²) < 4.78 is 25.6. The first-order valence-corrected chi connectivity index (χ1v) is 4.56. The lowest BCUT2D eigenvalue weighted by Crippen LogP contribution is -1.89. The summed E-state index contributed by atoms with van der Waals surface area (Å²) in [4.78, 5) is 0. The number of phenolic OH excluding ortho intramolecular Hbond substituents is 1. The molecule has 2 rings (SSSR count). The molecule has 1 aliphatic carbocycles. The third-order valence-corrected chi connectivity index (χ3v) is 2.43. The van der Waals surface area contributed by atoms with Crippen LogP contribution in [-0.2, 0) is 0 Å². The lowest BCUT2D eigenvalue weighted by Gasteiger charge is -2.05. The van der Waals surface area contributed by atoms with Crippen molar-refractivity contribution < 1.29 is 13.9 Å². The Morgan fingerprint density at radius 1 is 1.14 bits per heavy atom. The van der Waals surface area contributed by atoms with Crippen LogP contribution >= 0.6 is 0 Å². The highest BCUT2D eigenvalue weighted by atomic mass is 19.2. The summed E-state index contributed by atoms with van der Waals surface area (Å²) in [5.74, 6) is -2.10. The Labute approximate surface area is 80.7 Å². The maximum absolute atomic E-state index is 12.9. The Balaban J connectivity index is 2.47. The molecule has 1 aromatic carbocycles. The van der Waals surface area contributed by atoms with Crippen LogP contribution in [-0.4, -0.2) is 5.11 Å². The molecule has 0 atom stereocenters. The molecule has 0 saturated heterocycles. The maximum Gasteiger partial charge on any atom is 0.162 e. The van der Waals surface area contributed by atoms with E-state index >= 15 is 0 Å². The van der Waals surface area contributed by atoms with Crippen molar-refractivity contribution in [3.8, 4) is 5.75 Å². The second kappa shape index (κ2) is 3.40. The van der Waals surface area contributed by atoms with Crippen LogP contribution < -0.4 is 0 Å². The zero-order chi connectivity index (χ0) is 10.1. The van der Waals surface area contributed by atoms with Crippen molar-refractivity contribution in [3.05, 3.63) is 35.4 Å². The van der Waals surface area contributed by atoms with E-state index in [1.807, 2.05) is 6.08 Å². The highest BCUT2D eigenvalue weighted by Gasteiger charge is 2.14. The molecule has 74 valence electrons. The van der Waals surface area contributed by atoms with Gasteiger partial charge in [-0.3, -0.25) is 0 Å². The largest absolute Gasteiger partial charge is 0.507 e. The van der Waals surface area contributed by atoms with Gasteiger partial charge in [0.15, 0.2) is 11.6 Å². The Morgan fingerprint density at radius 3 is 2.50 bits per heavy atom. The summed E-state index contributed by atoms with van der Waals surface area (Å²) >= 11 is 0. The minimum absolute atomic E-state index is 0.183. The minimum atomic E-state index is -1.01. The van der Waals surface area contributed by atoms with Crippen LogP contribution in [0, 0.1) is 11.6 Å². The van der Waals surface area contributed by atoms with E-state index in [0.717, 1.165) is 37.0 Å². The van der Waals surface area contributed by atoms with Crippen molar-refractivity contribution >= 4 is 5.57 Å². The van der Waals surface area contributed by atoms with Gasteiger partial charge in [-0.2, -0.15) is 0 Å². The first-order valence-electron chi connectivity index (χ1n) is 4.56. The van der Waals surface area contributed by atoms with Gasteiger partial charge in [0.2, 0.25) is 0 Å². The summed E-state index contributed by atoms with van der Waals surface area (Å²) in [7, 11) is 0. The third-order valence-electron chi connectivity index (χ3n) is 2.43. The molecule has 0 spiro atoms. The number of aromatic hydroxyl groups is 1. The molecule has 14 heavy (non-hydrogen) atoms. The van der Waals surface area contributed by atoms with E-state index in [9.17, 15) is 13.9 Å². The zero-order valence-corrected chi connectivity index (χ0v) is 7.56. The number of rotatable bonds is 1. The van der Waals surface area contributed by atoms with E-state index in [2.05, 4.69) is 0 Å². The quantitative estimate of drug-likeness (QED) is 0.731. The van der Waals surface area contributed by atoms with Gasteiger partial charge >= 0.3 is 0 Å². The van der Waals surface area contributed by atoms with Gasteiger partial charge in [0.05, 0.1) is 0 Å². The predicted molar refractivity (Wildman–Crippen MR) is 49.9 cm³/mol. The van der Waals surface area contributed by atoms with Gasteiger partial charge in [-0.25, -0.2) is 8.78 Å². The van der Waals surface area contributed by atoms with E-state index in [-0.39, 0.29) is 5.75 Å². The van der Waals surface area contributed by atoms with Gasteiger partial charge in [-0.1, -0.05) is 6.08 Å². The molecular formula is C11H10F2O. The molecule has 0 unspecified atom stereocenters. The summed E-state index contributed by atoms with van der Waals surface area (Å²) in [6.45, 7) is 0. The van der Waals surface area contributed by atoms with Gasteiger partial charge in [-0.15, -0.1) is 0 Å². The number of allylic oxidation sites excluding steroid dienone is 2. The van der Waals surface area contributed by atoms with Crippen molar-refractivity contribution in [1.82, 2.24) is 0 Å². The minimum Gasteiger partial charge on any atom is -0.507 e. The normalized spacial score (nSPS) is 15.7. The Morgan fingerprint density at radius 2 is 1.86 bits per heavy atom. The highest BCUT2D eigenvalue weighted by Crippen LogP contribution is 2.34. The molecule has 0 heterocycles. The molecule has 0 saturated carbocycles. The standard InChI is InChI=1S/C11H10F2O/c12-9-5-8(7-3-1-2-4-7)11(14)6-10(9)13/h3,5-6,14H,1-2,4H2. The molecule has 0 radical (unpaired) electrons. The zero-order valence-electron chi connectivity index (χ0n) is 7.56. The third kappa shape index (κ3) is 1.50. The van der Waals surface area contributed by atoms with Crippen LogP contribution in [0.15, 0.2) is 18.2 Å². The fourth-order valence-corrected chi connectivity index (χ4v) is 1.71. The number of benzene rings is 1. The maximum atomic E-state index is 12.9. The summed E-state index contributed by atoms with van der Waals surface area (Å²) in [5, 5.41) is 9.43. The van der Waals surface area contributed by atoms with E-state index in [1.165, 1.54) is 0 Å². The van der Waals surface area contributed by atoms with Crippen LogP contribution in [0.3, 0.4) is 0 Å². The SMILES string of the molecule is Oc1cc(F)c(F)cc1C1=CCCC1. The molecule has 0 aromatic heterocycles. The molecule has 0 bridgehead atoms. The average Bonchev–Trinajstić information content (AvgIpc) is 2.64. The summed E-state index contributed by atoms with van der Waals surface area (Å²) in [6, 6.07) is 1.88. The van der Waals surface area contributed by atoms with Crippen LogP contribution in [0.2, 0.25) is 0 Å². The Hall–Kier alpha value is -1.38. The fourth-order valence-electron chi connectivity index (χ4n) is 1.71. The highest BCUT2D eigenvalue weighted by molar-refractivity contribution is 5.71.